The van der Waals surface area contributed by atoms with Gasteiger partial charge in [-0.2, -0.15) is 5.10 Å². The van der Waals surface area contributed by atoms with Crippen molar-refractivity contribution >= 4 is 28.6 Å². The van der Waals surface area contributed by atoms with Crippen LogP contribution in [0.3, 0.4) is 0 Å². The Morgan fingerprint density at radius 3 is 2.97 bits per heavy atom. The third-order valence-corrected chi connectivity index (χ3v) is 6.90. The Bertz CT molecular complexity index is 1180. The standard InChI is InChI=1S/C26H38N8O3/c1-18(37-3)16-34(13-5-4-8-20-10-9-19-7-6-12-27-23(19)31-20)14-11-22(26(35)36)32-24-21-15-30-33(2)25(21)29-17-28-24/h9-10,15,17-18,22H,4-8,11-14,16H2,1-3H3,(H,27,31)(H,35,36)(H,28,29,32)/t18-,22+/m1/s1. The summed E-state index contributed by atoms with van der Waals surface area (Å²) in [4.78, 5) is 27.6. The summed E-state index contributed by atoms with van der Waals surface area (Å²) >= 11 is 0. The minimum atomic E-state index is -0.914. The topological polar surface area (TPSA) is 130 Å². The SMILES string of the molecule is CO[C@H](C)CN(CCCCc1ccc2c(n1)NCCC2)CC[C@H](Nc1ncnc2c1cnn2C)C(=O)O. The van der Waals surface area contributed by atoms with Crippen LogP contribution < -0.4 is 10.6 Å². The van der Waals surface area contributed by atoms with Crippen molar-refractivity contribution in [3.05, 3.63) is 35.9 Å². The van der Waals surface area contributed by atoms with Gasteiger partial charge in [0.2, 0.25) is 0 Å². The second-order valence-corrected chi connectivity index (χ2v) is 9.70. The van der Waals surface area contributed by atoms with E-state index in [0.29, 0.717) is 29.8 Å². The van der Waals surface area contributed by atoms with E-state index in [9.17, 15) is 9.90 Å². The second kappa shape index (κ2) is 12.8. The molecule has 3 aromatic rings. The van der Waals surface area contributed by atoms with Gasteiger partial charge in [0.15, 0.2) is 5.65 Å². The minimum Gasteiger partial charge on any atom is -0.480 e. The molecule has 0 bridgehead atoms. The highest BCUT2D eigenvalue weighted by Crippen LogP contribution is 2.21. The molecule has 3 aromatic heterocycles. The summed E-state index contributed by atoms with van der Waals surface area (Å²) in [7, 11) is 3.50. The number of hydrogen-bond acceptors (Lipinski definition) is 9. The number of unbranched alkanes of at least 4 members (excludes halogenated alkanes) is 1. The molecule has 0 saturated carbocycles. The maximum atomic E-state index is 12.1. The highest BCUT2D eigenvalue weighted by atomic mass is 16.5. The van der Waals surface area contributed by atoms with Crippen LogP contribution in [0.15, 0.2) is 24.7 Å². The van der Waals surface area contributed by atoms with Crippen molar-refractivity contribution in [1.29, 1.82) is 0 Å². The highest BCUT2D eigenvalue weighted by Gasteiger charge is 2.22. The van der Waals surface area contributed by atoms with Crippen molar-refractivity contribution in [2.45, 2.75) is 57.6 Å². The molecule has 11 nitrogen and oxygen atoms in total. The van der Waals surface area contributed by atoms with E-state index in [2.05, 4.69) is 42.7 Å². The van der Waals surface area contributed by atoms with Gasteiger partial charge in [0.1, 0.15) is 24.0 Å². The molecule has 0 fully saturated rings. The van der Waals surface area contributed by atoms with Crippen LogP contribution in [0.5, 0.6) is 0 Å². The Hall–Kier alpha value is -3.31. The molecule has 0 radical (unpaired) electrons. The van der Waals surface area contributed by atoms with Crippen molar-refractivity contribution in [3.8, 4) is 0 Å². The van der Waals surface area contributed by atoms with E-state index < -0.39 is 12.0 Å². The zero-order chi connectivity index (χ0) is 26.2. The average molecular weight is 511 g/mol. The van der Waals surface area contributed by atoms with E-state index in [1.165, 1.54) is 11.9 Å². The Morgan fingerprint density at radius 2 is 2.16 bits per heavy atom. The van der Waals surface area contributed by atoms with E-state index in [-0.39, 0.29) is 6.10 Å². The maximum Gasteiger partial charge on any atom is 0.326 e. The van der Waals surface area contributed by atoms with E-state index >= 15 is 0 Å². The number of rotatable bonds is 14. The van der Waals surface area contributed by atoms with Crippen LogP contribution in [-0.2, 0) is 29.4 Å². The summed E-state index contributed by atoms with van der Waals surface area (Å²) in [6.45, 7) is 5.25. The van der Waals surface area contributed by atoms with Crippen molar-refractivity contribution in [1.82, 2.24) is 29.6 Å². The number of nitrogens with one attached hydrogen (secondary N) is 2. The molecule has 0 spiro atoms. The highest BCUT2D eigenvalue weighted by molar-refractivity contribution is 5.88. The average Bonchev–Trinajstić information content (AvgIpc) is 3.29. The van der Waals surface area contributed by atoms with Crippen LogP contribution in [0.25, 0.3) is 11.0 Å². The number of methoxy groups -OCH3 is 1. The Balaban J connectivity index is 1.32. The number of aryl methyl sites for hydroxylation is 3. The summed E-state index contributed by atoms with van der Waals surface area (Å²) < 4.78 is 7.13. The third-order valence-electron chi connectivity index (χ3n) is 6.90. The number of carbonyl (C=O) groups is 1. The van der Waals surface area contributed by atoms with Crippen LogP contribution >= 0.6 is 0 Å². The lowest BCUT2D eigenvalue weighted by Crippen LogP contribution is -2.38. The van der Waals surface area contributed by atoms with Crippen molar-refractivity contribution in [2.24, 2.45) is 7.05 Å². The summed E-state index contributed by atoms with van der Waals surface area (Å²) in [6, 6.07) is 3.56. The normalized spacial score (nSPS) is 14.8. The molecule has 37 heavy (non-hydrogen) atoms. The van der Waals surface area contributed by atoms with Gasteiger partial charge in [0.05, 0.1) is 17.7 Å². The Kier molecular flexibility index (Phi) is 9.24. The lowest BCUT2D eigenvalue weighted by Gasteiger charge is -2.27. The monoisotopic (exact) mass is 510 g/mol. The van der Waals surface area contributed by atoms with Crippen LogP contribution in [0.1, 0.15) is 43.9 Å². The zero-order valence-corrected chi connectivity index (χ0v) is 22.0. The van der Waals surface area contributed by atoms with Crippen molar-refractivity contribution in [2.75, 3.05) is 43.9 Å². The molecular formula is C26H38N8O3. The molecule has 0 unspecified atom stereocenters. The molecule has 0 amide bonds. The molecule has 11 heteroatoms. The number of aliphatic carboxylic acids is 1. The molecule has 4 heterocycles. The van der Waals surface area contributed by atoms with Crippen LogP contribution in [0.4, 0.5) is 11.6 Å². The van der Waals surface area contributed by atoms with Gasteiger partial charge in [-0.15, -0.1) is 0 Å². The zero-order valence-electron chi connectivity index (χ0n) is 22.0. The molecule has 2 atom stereocenters. The Labute approximate surface area is 217 Å². The fraction of sp³-hybridized carbons (Fsp3) is 0.577. The lowest BCUT2D eigenvalue weighted by molar-refractivity contribution is -0.138. The van der Waals surface area contributed by atoms with E-state index in [4.69, 9.17) is 9.72 Å². The first-order valence-corrected chi connectivity index (χ1v) is 13.0. The molecule has 3 N–H and O–H groups in total. The molecular weight excluding hydrogens is 472 g/mol. The van der Waals surface area contributed by atoms with Gasteiger partial charge in [-0.3, -0.25) is 4.68 Å². The smallest absolute Gasteiger partial charge is 0.326 e. The predicted octanol–water partition coefficient (Wildman–Crippen LogP) is 2.73. The first-order valence-electron chi connectivity index (χ1n) is 13.0. The van der Waals surface area contributed by atoms with E-state index in [1.807, 2.05) is 6.92 Å². The summed E-state index contributed by atoms with van der Waals surface area (Å²) in [6.07, 6.45) is 8.75. The van der Waals surface area contributed by atoms with Crippen molar-refractivity contribution < 1.29 is 14.6 Å². The number of pyridine rings is 1. The molecule has 1 aliphatic heterocycles. The van der Waals surface area contributed by atoms with Crippen LogP contribution in [0.2, 0.25) is 0 Å². The number of ether oxygens (including phenoxy) is 1. The van der Waals surface area contributed by atoms with E-state index in [0.717, 1.165) is 63.3 Å². The quantitative estimate of drug-likeness (QED) is 0.278. The second-order valence-electron chi connectivity index (χ2n) is 9.70. The first-order chi connectivity index (χ1) is 17.9. The minimum absolute atomic E-state index is 0.0570. The predicted molar refractivity (Wildman–Crippen MR) is 143 cm³/mol. The van der Waals surface area contributed by atoms with Gasteiger partial charge in [0.25, 0.3) is 0 Å². The maximum absolute atomic E-state index is 12.1. The van der Waals surface area contributed by atoms with Gasteiger partial charge >= 0.3 is 5.97 Å². The number of carboxylic acid groups (broad SMARTS) is 1. The number of fused-ring (bicyclic) bond motifs is 2. The van der Waals surface area contributed by atoms with Gasteiger partial charge in [0, 0.05) is 39.5 Å². The summed E-state index contributed by atoms with van der Waals surface area (Å²) in [5.74, 6) is 0.607. The number of anilines is 2. The van der Waals surface area contributed by atoms with Gasteiger partial charge < -0.3 is 25.4 Å². The Morgan fingerprint density at radius 1 is 1.30 bits per heavy atom. The lowest BCUT2D eigenvalue weighted by atomic mass is 10.1. The molecule has 0 saturated heterocycles. The van der Waals surface area contributed by atoms with Gasteiger partial charge in [-0.1, -0.05) is 6.07 Å². The fourth-order valence-corrected chi connectivity index (χ4v) is 4.69. The number of carboxylic acids is 1. The van der Waals surface area contributed by atoms with Crippen LogP contribution in [-0.4, -0.2) is 86.1 Å². The van der Waals surface area contributed by atoms with E-state index in [1.54, 1.807) is 25.0 Å². The number of nitrogens with zero attached hydrogens (tertiary/aromatic N) is 6. The van der Waals surface area contributed by atoms with Crippen molar-refractivity contribution in [3.63, 3.8) is 0 Å². The molecule has 0 aliphatic carbocycles. The summed E-state index contributed by atoms with van der Waals surface area (Å²) in [5.41, 5.74) is 3.08. The molecule has 0 aromatic carbocycles. The van der Waals surface area contributed by atoms with Gasteiger partial charge in [-0.25, -0.2) is 19.7 Å². The molecule has 4 rings (SSSR count). The third kappa shape index (κ3) is 7.14. The fourth-order valence-electron chi connectivity index (χ4n) is 4.69. The largest absolute Gasteiger partial charge is 0.480 e. The van der Waals surface area contributed by atoms with Gasteiger partial charge in [-0.05, 0) is 63.6 Å². The first kappa shape index (κ1) is 26.7. The number of hydrogen-bond donors (Lipinski definition) is 3. The number of aromatic nitrogens is 5. The summed E-state index contributed by atoms with van der Waals surface area (Å²) in [5, 5.41) is 21.3. The van der Waals surface area contributed by atoms with Crippen LogP contribution in [0, 0.1) is 0 Å². The molecule has 200 valence electrons. The molecule has 1 aliphatic rings.